The minimum absolute atomic E-state index is 0.00324. The average Bonchev–Trinajstić information content (AvgIpc) is 2.33. The predicted octanol–water partition coefficient (Wildman–Crippen LogP) is 2.38. The maximum atomic E-state index is 13.3. The van der Waals surface area contributed by atoms with Crippen LogP contribution in [0.1, 0.15) is 12.5 Å². The zero-order chi connectivity index (χ0) is 13.9. The molecule has 1 rings (SSSR count). The van der Waals surface area contributed by atoms with E-state index in [1.54, 1.807) is 6.92 Å². The van der Waals surface area contributed by atoms with E-state index in [0.717, 1.165) is 0 Å². The molecule has 1 aromatic rings. The number of hydrogen-bond acceptors (Lipinski definition) is 4. The van der Waals surface area contributed by atoms with E-state index in [1.165, 1.54) is 6.07 Å². The van der Waals surface area contributed by atoms with Gasteiger partial charge in [-0.05, 0) is 34.5 Å². The van der Waals surface area contributed by atoms with Gasteiger partial charge in [-0.3, -0.25) is 4.79 Å². The fraction of sp³-hybridized carbons (Fsp3) is 0.364. The summed E-state index contributed by atoms with van der Waals surface area (Å²) >= 11 is 8.51. The van der Waals surface area contributed by atoms with Gasteiger partial charge in [0, 0.05) is 6.42 Å². The quantitative estimate of drug-likeness (QED) is 0.652. The molecule has 1 unspecified atom stereocenters. The molecule has 0 aliphatic heterocycles. The SMILES string of the molecule is CCOC(=O)C(N)Cc1cc(Cl)c(F)c(Br)c1O. The molecule has 3 N–H and O–H groups in total. The number of esters is 1. The van der Waals surface area contributed by atoms with Crippen molar-refractivity contribution in [2.75, 3.05) is 6.61 Å². The van der Waals surface area contributed by atoms with Crippen molar-refractivity contribution in [3.63, 3.8) is 0 Å². The fourth-order valence-electron chi connectivity index (χ4n) is 1.36. The minimum atomic E-state index is -0.940. The number of ether oxygens (including phenoxy) is 1. The van der Waals surface area contributed by atoms with Crippen molar-refractivity contribution in [1.29, 1.82) is 0 Å². The van der Waals surface area contributed by atoms with Crippen LogP contribution in [0.4, 0.5) is 4.39 Å². The van der Waals surface area contributed by atoms with Gasteiger partial charge in [-0.15, -0.1) is 0 Å². The Hall–Kier alpha value is -0.850. The van der Waals surface area contributed by atoms with Crippen LogP contribution in [0.2, 0.25) is 5.02 Å². The molecule has 7 heteroatoms. The molecule has 0 saturated carbocycles. The van der Waals surface area contributed by atoms with Crippen LogP contribution in [-0.2, 0) is 16.0 Å². The van der Waals surface area contributed by atoms with E-state index in [0.29, 0.717) is 0 Å². The summed E-state index contributed by atoms with van der Waals surface area (Å²) in [5.41, 5.74) is 5.88. The average molecular weight is 341 g/mol. The van der Waals surface area contributed by atoms with E-state index in [9.17, 15) is 14.3 Å². The van der Waals surface area contributed by atoms with Crippen molar-refractivity contribution < 1.29 is 19.0 Å². The molecule has 0 aromatic heterocycles. The van der Waals surface area contributed by atoms with E-state index < -0.39 is 17.8 Å². The molecule has 0 amide bonds. The van der Waals surface area contributed by atoms with E-state index in [-0.39, 0.29) is 33.8 Å². The number of phenolic OH excluding ortho intramolecular Hbond substituents is 1. The van der Waals surface area contributed by atoms with Crippen LogP contribution in [0.5, 0.6) is 5.75 Å². The number of rotatable bonds is 4. The molecule has 0 radical (unpaired) electrons. The standard InChI is InChI=1S/C11H12BrClFNO3/c1-2-18-11(17)7(15)4-5-3-6(13)9(14)8(12)10(5)16/h3,7,16H,2,4,15H2,1H3. The lowest BCUT2D eigenvalue weighted by Crippen LogP contribution is -2.34. The van der Waals surface area contributed by atoms with Gasteiger partial charge in [0.1, 0.15) is 11.8 Å². The summed E-state index contributed by atoms with van der Waals surface area (Å²) in [7, 11) is 0. The Bertz CT molecular complexity index is 470. The van der Waals surface area contributed by atoms with Gasteiger partial charge >= 0.3 is 5.97 Å². The second-order valence-electron chi connectivity index (χ2n) is 3.56. The largest absolute Gasteiger partial charge is 0.506 e. The van der Waals surface area contributed by atoms with E-state index >= 15 is 0 Å². The molecule has 100 valence electrons. The second-order valence-corrected chi connectivity index (χ2v) is 4.76. The van der Waals surface area contributed by atoms with Crippen LogP contribution in [0, 0.1) is 5.82 Å². The minimum Gasteiger partial charge on any atom is -0.506 e. The Morgan fingerprint density at radius 1 is 1.72 bits per heavy atom. The summed E-state index contributed by atoms with van der Waals surface area (Å²) in [6, 6.07) is 0.292. The number of hydrogen-bond donors (Lipinski definition) is 2. The highest BCUT2D eigenvalue weighted by molar-refractivity contribution is 9.10. The van der Waals surface area contributed by atoms with Crippen molar-refractivity contribution >= 4 is 33.5 Å². The van der Waals surface area contributed by atoms with Crippen LogP contribution in [-0.4, -0.2) is 23.7 Å². The Balaban J connectivity index is 2.95. The Labute approximate surface area is 117 Å². The maximum absolute atomic E-state index is 13.3. The van der Waals surface area contributed by atoms with Crippen LogP contribution in [0.3, 0.4) is 0 Å². The van der Waals surface area contributed by atoms with Gasteiger partial charge in [0.15, 0.2) is 5.82 Å². The van der Waals surface area contributed by atoms with Crippen LogP contribution in [0.25, 0.3) is 0 Å². The van der Waals surface area contributed by atoms with Crippen molar-refractivity contribution in [3.05, 3.63) is 26.9 Å². The highest BCUT2D eigenvalue weighted by Gasteiger charge is 2.20. The lowest BCUT2D eigenvalue weighted by molar-refractivity contribution is -0.144. The van der Waals surface area contributed by atoms with Crippen molar-refractivity contribution in [3.8, 4) is 5.75 Å². The molecule has 0 spiro atoms. The third kappa shape index (κ3) is 3.34. The van der Waals surface area contributed by atoms with Gasteiger partial charge in [0.2, 0.25) is 0 Å². The molecule has 0 aliphatic carbocycles. The molecule has 0 fully saturated rings. The molecule has 0 aliphatic rings. The number of phenols is 1. The topological polar surface area (TPSA) is 72.5 Å². The third-order valence-corrected chi connectivity index (χ3v) is 3.24. The number of carbonyl (C=O) groups is 1. The summed E-state index contributed by atoms with van der Waals surface area (Å²) < 4.78 is 17.9. The monoisotopic (exact) mass is 339 g/mol. The molecule has 0 heterocycles. The lowest BCUT2D eigenvalue weighted by atomic mass is 10.1. The Morgan fingerprint density at radius 3 is 2.89 bits per heavy atom. The summed E-state index contributed by atoms with van der Waals surface area (Å²) in [6.45, 7) is 1.87. The van der Waals surface area contributed by atoms with Gasteiger partial charge in [-0.1, -0.05) is 11.6 Å². The lowest BCUT2D eigenvalue weighted by Gasteiger charge is -2.13. The van der Waals surface area contributed by atoms with Crippen molar-refractivity contribution in [2.24, 2.45) is 5.73 Å². The van der Waals surface area contributed by atoms with Gasteiger partial charge in [-0.25, -0.2) is 4.39 Å². The summed E-state index contributed by atoms with van der Waals surface area (Å²) in [4.78, 5) is 11.3. The first-order valence-electron chi connectivity index (χ1n) is 5.16. The van der Waals surface area contributed by atoms with Crippen LogP contribution >= 0.6 is 27.5 Å². The third-order valence-electron chi connectivity index (χ3n) is 2.24. The van der Waals surface area contributed by atoms with Gasteiger partial charge < -0.3 is 15.6 Å². The first-order chi connectivity index (χ1) is 8.38. The molecular formula is C11H12BrClFNO3. The smallest absolute Gasteiger partial charge is 0.323 e. The van der Waals surface area contributed by atoms with Gasteiger partial charge in [0.05, 0.1) is 16.1 Å². The Morgan fingerprint density at radius 2 is 2.33 bits per heavy atom. The summed E-state index contributed by atoms with van der Waals surface area (Å²) in [6.07, 6.45) is 0.00324. The van der Waals surface area contributed by atoms with Gasteiger partial charge in [0.25, 0.3) is 0 Å². The molecule has 0 bridgehead atoms. The molecule has 4 nitrogen and oxygen atoms in total. The van der Waals surface area contributed by atoms with E-state index in [2.05, 4.69) is 15.9 Å². The highest BCUT2D eigenvalue weighted by atomic mass is 79.9. The number of halogens is 3. The zero-order valence-electron chi connectivity index (χ0n) is 9.54. The number of benzene rings is 1. The molecular weight excluding hydrogens is 328 g/mol. The number of nitrogens with two attached hydrogens (primary N) is 1. The normalized spacial score (nSPS) is 12.3. The van der Waals surface area contributed by atoms with E-state index in [1.807, 2.05) is 0 Å². The molecule has 18 heavy (non-hydrogen) atoms. The predicted molar refractivity (Wildman–Crippen MR) is 69.1 cm³/mol. The molecule has 0 saturated heterocycles. The summed E-state index contributed by atoms with van der Waals surface area (Å²) in [5, 5.41) is 9.55. The summed E-state index contributed by atoms with van der Waals surface area (Å²) in [5.74, 6) is -1.67. The van der Waals surface area contributed by atoms with E-state index in [4.69, 9.17) is 22.1 Å². The maximum Gasteiger partial charge on any atom is 0.323 e. The Kier molecular flexibility index (Phi) is 5.37. The van der Waals surface area contributed by atoms with Crippen molar-refractivity contribution in [1.82, 2.24) is 0 Å². The van der Waals surface area contributed by atoms with Crippen LogP contribution in [0.15, 0.2) is 10.5 Å². The van der Waals surface area contributed by atoms with Gasteiger partial charge in [-0.2, -0.15) is 0 Å². The molecule has 1 aromatic carbocycles. The highest BCUT2D eigenvalue weighted by Crippen LogP contribution is 2.35. The first kappa shape index (κ1) is 15.2. The number of aromatic hydroxyl groups is 1. The fourth-order valence-corrected chi connectivity index (χ4v) is 2.17. The second kappa shape index (κ2) is 6.36. The number of carbonyl (C=O) groups excluding carboxylic acids is 1. The molecule has 1 atom stereocenters. The van der Waals surface area contributed by atoms with Crippen molar-refractivity contribution in [2.45, 2.75) is 19.4 Å². The first-order valence-corrected chi connectivity index (χ1v) is 6.33. The zero-order valence-corrected chi connectivity index (χ0v) is 11.9. The van der Waals surface area contributed by atoms with Crippen LogP contribution < -0.4 is 5.73 Å².